The Morgan fingerprint density at radius 3 is 2.71 bits per heavy atom. The van der Waals surface area contributed by atoms with Gasteiger partial charge in [0.25, 0.3) is 0 Å². The average molecular weight is 502 g/mol. The van der Waals surface area contributed by atoms with E-state index in [-0.39, 0.29) is 18.5 Å². The number of anilines is 1. The average Bonchev–Trinajstić information content (AvgIpc) is 3.20. The van der Waals surface area contributed by atoms with Crippen LogP contribution in [0.15, 0.2) is 43.1 Å². The van der Waals surface area contributed by atoms with Gasteiger partial charge in [0.05, 0.1) is 17.8 Å². The zero-order chi connectivity index (χ0) is 24.8. The summed E-state index contributed by atoms with van der Waals surface area (Å²) in [6.07, 6.45) is 2.65. The number of phosphoric acid groups is 1. The van der Waals surface area contributed by atoms with Crippen LogP contribution in [0.1, 0.15) is 19.3 Å². The second kappa shape index (κ2) is 8.61. The molecule has 0 bridgehead atoms. The van der Waals surface area contributed by atoms with Crippen LogP contribution in [0.5, 0.6) is 0 Å². The fourth-order valence-corrected chi connectivity index (χ4v) is 4.74. The van der Waals surface area contributed by atoms with Gasteiger partial charge in [-0.2, -0.15) is 0 Å². The molecule has 0 radical (unpaired) electrons. The van der Waals surface area contributed by atoms with Crippen molar-refractivity contribution in [2.75, 3.05) is 11.4 Å². The number of nitrogens with zero attached hydrogens (tertiary/aromatic N) is 6. The monoisotopic (exact) mass is 502 g/mol. The normalized spacial score (nSPS) is 19.0. The predicted molar refractivity (Wildman–Crippen MR) is 120 cm³/mol. The molecule has 3 heterocycles. The van der Waals surface area contributed by atoms with Crippen molar-refractivity contribution in [3.8, 4) is 22.6 Å². The molecule has 0 spiro atoms. The van der Waals surface area contributed by atoms with Crippen molar-refractivity contribution in [3.63, 3.8) is 0 Å². The maximum atomic E-state index is 15.0. The van der Waals surface area contributed by atoms with E-state index in [2.05, 4.69) is 27.0 Å². The summed E-state index contributed by atoms with van der Waals surface area (Å²) in [5.74, 6) is -0.263. The molecule has 35 heavy (non-hydrogen) atoms. The summed E-state index contributed by atoms with van der Waals surface area (Å²) in [5, 5.41) is 11.7. The lowest BCUT2D eigenvalue weighted by molar-refractivity contribution is 0.0629. The summed E-state index contributed by atoms with van der Waals surface area (Å²) in [7, 11) is -4.66. The van der Waals surface area contributed by atoms with Gasteiger partial charge in [-0.1, -0.05) is 12.6 Å². The molecule has 2 aliphatic rings. The zero-order valence-corrected chi connectivity index (χ0v) is 19.1. The number of benzene rings is 1. The van der Waals surface area contributed by atoms with Gasteiger partial charge in [0.15, 0.2) is 0 Å². The zero-order valence-electron chi connectivity index (χ0n) is 18.2. The highest BCUT2D eigenvalue weighted by atomic mass is 31.2. The highest BCUT2D eigenvalue weighted by Gasteiger charge is 2.52. The fraction of sp³-hybridized carbons (Fsp3) is 0.286. The first-order valence-corrected chi connectivity index (χ1v) is 12.1. The van der Waals surface area contributed by atoms with Gasteiger partial charge in [0.2, 0.25) is 5.82 Å². The van der Waals surface area contributed by atoms with E-state index in [1.54, 1.807) is 18.2 Å². The van der Waals surface area contributed by atoms with Crippen LogP contribution < -0.4 is 4.90 Å². The molecule has 1 amide bonds. The first-order valence-electron chi connectivity index (χ1n) is 10.6. The number of pyridine rings is 1. The molecule has 12 nitrogen and oxygen atoms in total. The number of ether oxygens (including phenoxy) is 1. The van der Waals surface area contributed by atoms with E-state index in [4.69, 9.17) is 19.0 Å². The van der Waals surface area contributed by atoms with Crippen molar-refractivity contribution in [2.45, 2.75) is 31.0 Å². The molecule has 2 N–H and O–H groups in total. The third kappa shape index (κ3) is 4.98. The number of carbonyl (C=O) groups is 1. The minimum Gasteiger partial charge on any atom is -0.444 e. The molecule has 2 fully saturated rings. The van der Waals surface area contributed by atoms with Crippen molar-refractivity contribution in [1.82, 2.24) is 25.2 Å². The minimum atomic E-state index is -4.66. The molecule has 1 saturated carbocycles. The topological polar surface area (TPSA) is 153 Å². The molecule has 2 aromatic heterocycles. The van der Waals surface area contributed by atoms with E-state index in [0.717, 1.165) is 0 Å². The summed E-state index contributed by atoms with van der Waals surface area (Å²) in [6, 6.07) is 7.66. The van der Waals surface area contributed by atoms with Gasteiger partial charge in [0.1, 0.15) is 17.6 Å². The number of aromatic nitrogens is 5. The van der Waals surface area contributed by atoms with Crippen LogP contribution in [0.4, 0.5) is 14.9 Å². The van der Waals surface area contributed by atoms with Crippen molar-refractivity contribution >= 4 is 25.8 Å². The number of cyclic esters (lactones) is 1. The predicted octanol–water partition coefficient (Wildman–Crippen LogP) is 3.00. The summed E-state index contributed by atoms with van der Waals surface area (Å²) in [5.41, 5.74) is 0.562. The molecular weight excluding hydrogens is 482 g/mol. The molecule has 1 atom stereocenters. The van der Waals surface area contributed by atoms with Gasteiger partial charge in [-0.3, -0.25) is 14.4 Å². The third-order valence-electron chi connectivity index (χ3n) is 5.75. The first kappa shape index (κ1) is 23.2. The van der Waals surface area contributed by atoms with E-state index in [0.29, 0.717) is 35.6 Å². The lowest BCUT2D eigenvalue weighted by Crippen LogP contribution is -2.27. The van der Waals surface area contributed by atoms with Gasteiger partial charge < -0.3 is 14.5 Å². The molecule has 182 valence electrons. The molecular formula is C21H20FN6O6P. The number of amides is 1. The summed E-state index contributed by atoms with van der Waals surface area (Å²) in [6.45, 7) is 3.66. The first-order chi connectivity index (χ1) is 16.6. The van der Waals surface area contributed by atoms with Gasteiger partial charge in [-0.15, -0.1) is 15.0 Å². The molecule has 1 aliphatic carbocycles. The highest BCUT2D eigenvalue weighted by molar-refractivity contribution is 7.46. The van der Waals surface area contributed by atoms with Crippen LogP contribution in [0, 0.1) is 5.82 Å². The largest absolute Gasteiger partial charge is 0.470 e. The maximum Gasteiger partial charge on any atom is 0.470 e. The smallest absolute Gasteiger partial charge is 0.444 e. The number of rotatable bonds is 8. The Morgan fingerprint density at radius 2 is 2.11 bits per heavy atom. The quantitative estimate of drug-likeness (QED) is 0.440. The number of phosphoric ester groups is 1. The minimum absolute atomic E-state index is 0.110. The number of hydrogen-bond donors (Lipinski definition) is 2. The Labute approximate surface area is 198 Å². The fourth-order valence-electron chi connectivity index (χ4n) is 3.97. The lowest BCUT2D eigenvalue weighted by atomic mass is 10.1. The van der Waals surface area contributed by atoms with E-state index in [9.17, 15) is 13.8 Å². The second-order valence-electron chi connectivity index (χ2n) is 8.30. The van der Waals surface area contributed by atoms with E-state index in [1.165, 1.54) is 34.2 Å². The Morgan fingerprint density at radius 1 is 1.31 bits per heavy atom. The van der Waals surface area contributed by atoms with Crippen molar-refractivity contribution in [2.24, 2.45) is 0 Å². The molecule has 1 aliphatic heterocycles. The number of carbonyl (C=O) groups excluding carboxylic acids is 1. The van der Waals surface area contributed by atoms with Crippen LogP contribution in [-0.4, -0.2) is 59.3 Å². The van der Waals surface area contributed by atoms with Crippen molar-refractivity contribution < 1.29 is 32.8 Å². The van der Waals surface area contributed by atoms with Crippen LogP contribution in [0.2, 0.25) is 0 Å². The molecule has 0 unspecified atom stereocenters. The standard InChI is InChI=1S/C21H20FN6O6P/c1-2-28-25-19(24-26-28)18-6-3-13(11-23-18)16-5-4-14(9-17(16)22)27-12-15(33-20(27)29)10-21(7-8-21)34-35(30,31)32/h2-6,9,11,15H,1,7-8,10,12H2,(H2,30,31,32)/t15-/m1/s1. The van der Waals surface area contributed by atoms with Crippen LogP contribution in [0.25, 0.3) is 28.8 Å². The summed E-state index contributed by atoms with van der Waals surface area (Å²) >= 11 is 0. The van der Waals surface area contributed by atoms with Gasteiger partial charge in [-0.05, 0) is 42.3 Å². The molecule has 14 heteroatoms. The van der Waals surface area contributed by atoms with Crippen molar-refractivity contribution in [1.29, 1.82) is 0 Å². The van der Waals surface area contributed by atoms with Crippen LogP contribution in [-0.2, 0) is 13.8 Å². The van der Waals surface area contributed by atoms with E-state index >= 15 is 0 Å². The number of tetrazole rings is 1. The Balaban J connectivity index is 1.29. The molecule has 1 aromatic carbocycles. The highest BCUT2D eigenvalue weighted by Crippen LogP contribution is 2.55. The molecule has 1 saturated heterocycles. The van der Waals surface area contributed by atoms with Gasteiger partial charge >= 0.3 is 13.9 Å². The summed E-state index contributed by atoms with van der Waals surface area (Å²) in [4.78, 5) is 37.3. The second-order valence-corrected chi connectivity index (χ2v) is 9.46. The Kier molecular flexibility index (Phi) is 5.72. The number of hydrogen-bond acceptors (Lipinski definition) is 8. The molecule has 3 aromatic rings. The van der Waals surface area contributed by atoms with Crippen molar-refractivity contribution in [3.05, 3.63) is 48.9 Å². The number of halogens is 1. The lowest BCUT2D eigenvalue weighted by Gasteiger charge is -2.19. The Bertz CT molecular complexity index is 1340. The van der Waals surface area contributed by atoms with Crippen LogP contribution >= 0.6 is 7.82 Å². The van der Waals surface area contributed by atoms with Gasteiger partial charge in [0, 0.05) is 29.9 Å². The van der Waals surface area contributed by atoms with Crippen LogP contribution in [0.3, 0.4) is 0 Å². The third-order valence-corrected chi connectivity index (χ3v) is 6.38. The maximum absolute atomic E-state index is 15.0. The van der Waals surface area contributed by atoms with E-state index < -0.39 is 31.4 Å². The van der Waals surface area contributed by atoms with E-state index in [1.807, 2.05) is 0 Å². The SMILES string of the molecule is C=Cn1nnc(-c2ccc(-c3ccc(N4C[C@@H](CC5(OP(=O)(O)O)CC5)OC4=O)cc3F)cn2)n1. The van der Waals surface area contributed by atoms with Gasteiger partial charge in [-0.25, -0.2) is 13.8 Å². The Hall–Kier alpha value is -3.51. The molecule has 5 rings (SSSR count). The summed E-state index contributed by atoms with van der Waals surface area (Å²) < 4.78 is 36.4.